The van der Waals surface area contributed by atoms with E-state index < -0.39 is 10.0 Å². The summed E-state index contributed by atoms with van der Waals surface area (Å²) in [6.45, 7) is 7.82. The van der Waals surface area contributed by atoms with Gasteiger partial charge in [-0.25, -0.2) is 13.6 Å². The van der Waals surface area contributed by atoms with Crippen molar-refractivity contribution in [3.8, 4) is 0 Å². The van der Waals surface area contributed by atoms with Gasteiger partial charge in [-0.1, -0.05) is 13.8 Å². The van der Waals surface area contributed by atoms with Gasteiger partial charge >= 0.3 is 0 Å². The van der Waals surface area contributed by atoms with Gasteiger partial charge in [0, 0.05) is 11.4 Å². The summed E-state index contributed by atoms with van der Waals surface area (Å²) in [6.07, 6.45) is 1.93. The third-order valence-electron chi connectivity index (χ3n) is 3.05. The summed E-state index contributed by atoms with van der Waals surface area (Å²) in [5.74, 6) is 0.344. The molecule has 7 heteroatoms. The van der Waals surface area contributed by atoms with E-state index in [1.54, 1.807) is 12.3 Å². The van der Waals surface area contributed by atoms with Gasteiger partial charge in [-0.15, -0.1) is 11.3 Å². The maximum Gasteiger partial charge on any atom is 0.252 e. The van der Waals surface area contributed by atoms with Crippen LogP contribution in [0.2, 0.25) is 0 Å². The SMILES string of the molecule is Cc1c(C(=O)NC(C)CCC(C)C)csc1S(N)(=O)=O. The van der Waals surface area contributed by atoms with Crippen molar-refractivity contribution in [1.82, 2.24) is 5.32 Å². The van der Waals surface area contributed by atoms with E-state index >= 15 is 0 Å². The van der Waals surface area contributed by atoms with Crippen LogP contribution in [0.4, 0.5) is 0 Å². The molecule has 1 atom stereocenters. The summed E-state index contributed by atoms with van der Waals surface area (Å²) in [5.41, 5.74) is 0.807. The molecule has 0 saturated carbocycles. The first kappa shape index (κ1) is 17.1. The van der Waals surface area contributed by atoms with E-state index in [9.17, 15) is 13.2 Å². The topological polar surface area (TPSA) is 89.3 Å². The zero-order chi connectivity index (χ0) is 15.5. The van der Waals surface area contributed by atoms with Crippen LogP contribution in [0, 0.1) is 12.8 Å². The average Bonchev–Trinajstić information content (AvgIpc) is 2.68. The number of carbonyl (C=O) groups is 1. The Morgan fingerprint density at radius 3 is 2.40 bits per heavy atom. The molecule has 3 N–H and O–H groups in total. The molecule has 0 aliphatic carbocycles. The molecule has 0 spiro atoms. The average molecular weight is 318 g/mol. The van der Waals surface area contributed by atoms with E-state index in [0.717, 1.165) is 24.2 Å². The van der Waals surface area contributed by atoms with E-state index in [0.29, 0.717) is 17.0 Å². The van der Waals surface area contributed by atoms with Crippen LogP contribution < -0.4 is 10.5 Å². The van der Waals surface area contributed by atoms with Gasteiger partial charge in [0.15, 0.2) is 0 Å². The number of thiophene rings is 1. The minimum Gasteiger partial charge on any atom is -0.350 e. The highest BCUT2D eigenvalue weighted by atomic mass is 32.2. The zero-order valence-corrected chi connectivity index (χ0v) is 13.9. The summed E-state index contributed by atoms with van der Waals surface area (Å²) >= 11 is 0.983. The molecular weight excluding hydrogens is 296 g/mol. The van der Waals surface area contributed by atoms with Crippen molar-refractivity contribution >= 4 is 27.3 Å². The molecule has 1 unspecified atom stereocenters. The maximum atomic E-state index is 12.1. The van der Waals surface area contributed by atoms with Gasteiger partial charge in [-0.2, -0.15) is 0 Å². The number of carbonyl (C=O) groups excluding carboxylic acids is 1. The van der Waals surface area contributed by atoms with Crippen molar-refractivity contribution in [1.29, 1.82) is 0 Å². The Kier molecular flexibility index (Phi) is 5.73. The van der Waals surface area contributed by atoms with Crippen molar-refractivity contribution in [2.45, 2.75) is 50.8 Å². The summed E-state index contributed by atoms with van der Waals surface area (Å²) in [5, 5.41) is 9.53. The van der Waals surface area contributed by atoms with E-state index in [1.165, 1.54) is 0 Å². The largest absolute Gasteiger partial charge is 0.350 e. The third-order valence-corrected chi connectivity index (χ3v) is 5.73. The summed E-state index contributed by atoms with van der Waals surface area (Å²) in [7, 11) is -3.76. The van der Waals surface area contributed by atoms with Crippen LogP contribution in [-0.2, 0) is 10.0 Å². The van der Waals surface area contributed by atoms with Gasteiger partial charge in [0.25, 0.3) is 5.91 Å². The molecule has 0 bridgehead atoms. The van der Waals surface area contributed by atoms with Crippen LogP contribution in [0.3, 0.4) is 0 Å². The van der Waals surface area contributed by atoms with Gasteiger partial charge in [0.2, 0.25) is 10.0 Å². The van der Waals surface area contributed by atoms with Crippen LogP contribution in [0.1, 0.15) is 49.5 Å². The second-order valence-corrected chi connectivity index (χ2v) is 8.09. The second kappa shape index (κ2) is 6.69. The standard InChI is InChI=1S/C13H22N2O3S2/c1-8(2)5-6-9(3)15-12(16)11-7-19-13(10(11)4)20(14,17)18/h7-9H,5-6H2,1-4H3,(H,15,16)(H2,14,17,18). The fourth-order valence-corrected chi connectivity index (χ4v) is 3.87. The predicted octanol–water partition coefficient (Wildman–Crippen LogP) is 2.26. The van der Waals surface area contributed by atoms with E-state index in [4.69, 9.17) is 5.14 Å². The van der Waals surface area contributed by atoms with Crippen LogP contribution >= 0.6 is 11.3 Å². The van der Waals surface area contributed by atoms with E-state index in [1.807, 2.05) is 6.92 Å². The number of amides is 1. The molecule has 1 amide bonds. The summed E-state index contributed by atoms with van der Waals surface area (Å²) < 4.78 is 22.7. The lowest BCUT2D eigenvalue weighted by Gasteiger charge is -2.15. The molecule has 5 nitrogen and oxygen atoms in total. The summed E-state index contributed by atoms with van der Waals surface area (Å²) in [4.78, 5) is 12.1. The van der Waals surface area contributed by atoms with Gasteiger partial charge in [-0.05, 0) is 38.2 Å². The van der Waals surface area contributed by atoms with Crippen molar-refractivity contribution in [2.24, 2.45) is 11.1 Å². The summed E-state index contributed by atoms with van der Waals surface area (Å²) in [6, 6.07) is 0.0575. The first-order valence-electron chi connectivity index (χ1n) is 6.54. The Morgan fingerprint density at radius 1 is 1.35 bits per heavy atom. The highest BCUT2D eigenvalue weighted by molar-refractivity contribution is 7.91. The monoisotopic (exact) mass is 318 g/mol. The highest BCUT2D eigenvalue weighted by Crippen LogP contribution is 2.25. The number of rotatable bonds is 6. The lowest BCUT2D eigenvalue weighted by Crippen LogP contribution is -2.33. The van der Waals surface area contributed by atoms with Crippen molar-refractivity contribution in [3.05, 3.63) is 16.5 Å². The molecule has 0 saturated heterocycles. The normalized spacial score (nSPS) is 13.5. The van der Waals surface area contributed by atoms with Crippen molar-refractivity contribution < 1.29 is 13.2 Å². The van der Waals surface area contributed by atoms with Crippen LogP contribution in [0.15, 0.2) is 9.59 Å². The van der Waals surface area contributed by atoms with Gasteiger partial charge < -0.3 is 5.32 Å². The highest BCUT2D eigenvalue weighted by Gasteiger charge is 2.21. The lowest BCUT2D eigenvalue weighted by molar-refractivity contribution is 0.0937. The Labute approximate surface area is 124 Å². The Balaban J connectivity index is 2.77. The minimum absolute atomic E-state index is 0.0532. The predicted molar refractivity (Wildman–Crippen MR) is 81.4 cm³/mol. The van der Waals surface area contributed by atoms with Crippen molar-refractivity contribution in [3.63, 3.8) is 0 Å². The lowest BCUT2D eigenvalue weighted by atomic mass is 10.0. The molecule has 0 aliphatic heterocycles. The van der Waals surface area contributed by atoms with Crippen LogP contribution in [0.5, 0.6) is 0 Å². The molecule has 0 radical (unpaired) electrons. The van der Waals surface area contributed by atoms with Gasteiger partial charge in [-0.3, -0.25) is 4.79 Å². The Bertz CT molecular complexity index is 576. The number of hydrogen-bond acceptors (Lipinski definition) is 4. The Hall–Kier alpha value is -0.920. The zero-order valence-electron chi connectivity index (χ0n) is 12.3. The number of nitrogens with two attached hydrogens (primary N) is 1. The van der Waals surface area contributed by atoms with Gasteiger partial charge in [0.1, 0.15) is 4.21 Å². The van der Waals surface area contributed by atoms with Gasteiger partial charge in [0.05, 0.1) is 5.56 Å². The number of hydrogen-bond donors (Lipinski definition) is 2. The Morgan fingerprint density at radius 2 is 1.95 bits per heavy atom. The number of sulfonamides is 1. The number of primary sulfonamides is 1. The van der Waals surface area contributed by atoms with Crippen molar-refractivity contribution in [2.75, 3.05) is 0 Å². The van der Waals surface area contributed by atoms with E-state index in [2.05, 4.69) is 19.2 Å². The van der Waals surface area contributed by atoms with Crippen LogP contribution in [0.25, 0.3) is 0 Å². The fourth-order valence-electron chi connectivity index (χ4n) is 1.86. The molecular formula is C13H22N2O3S2. The molecule has 0 aromatic carbocycles. The quantitative estimate of drug-likeness (QED) is 0.843. The molecule has 1 aromatic heterocycles. The molecule has 1 rings (SSSR count). The molecule has 1 heterocycles. The van der Waals surface area contributed by atoms with Crippen LogP contribution in [-0.4, -0.2) is 20.4 Å². The number of nitrogens with one attached hydrogen (secondary N) is 1. The molecule has 114 valence electrons. The maximum absolute atomic E-state index is 12.1. The molecule has 1 aromatic rings. The second-order valence-electron chi connectivity index (χ2n) is 5.45. The third kappa shape index (κ3) is 4.57. The fraction of sp³-hybridized carbons (Fsp3) is 0.615. The smallest absolute Gasteiger partial charge is 0.252 e. The minimum atomic E-state index is -3.76. The molecule has 0 aliphatic rings. The van der Waals surface area contributed by atoms with E-state index in [-0.39, 0.29) is 16.2 Å². The first-order chi connectivity index (χ1) is 9.12. The molecule has 0 fully saturated rings. The molecule has 20 heavy (non-hydrogen) atoms. The first-order valence-corrected chi connectivity index (χ1v) is 8.97.